The van der Waals surface area contributed by atoms with Crippen LogP contribution >= 0.6 is 0 Å². The lowest BCUT2D eigenvalue weighted by molar-refractivity contribution is -0.128. The predicted octanol–water partition coefficient (Wildman–Crippen LogP) is 2.51. The minimum absolute atomic E-state index is 0.0801. The lowest BCUT2D eigenvalue weighted by Crippen LogP contribution is -2.40. The van der Waals surface area contributed by atoms with Gasteiger partial charge in [0.1, 0.15) is 0 Å². The fraction of sp³-hybridized carbons (Fsp3) is 0.562. The van der Waals surface area contributed by atoms with Gasteiger partial charge in [0.05, 0.1) is 6.10 Å². The van der Waals surface area contributed by atoms with Crippen LogP contribution in [0.3, 0.4) is 0 Å². The van der Waals surface area contributed by atoms with E-state index in [1.807, 2.05) is 13.8 Å². The summed E-state index contributed by atoms with van der Waals surface area (Å²) < 4.78 is 19.0. The van der Waals surface area contributed by atoms with Gasteiger partial charge in [0.25, 0.3) is 5.91 Å². The molecule has 1 rings (SSSR count). The van der Waals surface area contributed by atoms with Crippen LogP contribution in [0.25, 0.3) is 0 Å². The molecule has 0 aliphatic heterocycles. The molecule has 1 aromatic rings. The Kier molecular flexibility index (Phi) is 7.15. The lowest BCUT2D eigenvalue weighted by atomic mass is 10.0. The minimum Gasteiger partial charge on any atom is -0.478 e. The first kappa shape index (κ1) is 17.4. The Labute approximate surface area is 125 Å². The van der Waals surface area contributed by atoms with Crippen molar-refractivity contribution in [3.63, 3.8) is 0 Å². The summed E-state index contributed by atoms with van der Waals surface area (Å²) in [6, 6.07) is 6.03. The smallest absolute Gasteiger partial charge is 0.261 e. The van der Waals surface area contributed by atoms with E-state index in [9.17, 15) is 14.3 Å². The molecular weight excluding hydrogens is 273 g/mol. The number of hydrogen-bond acceptors (Lipinski definition) is 3. The summed E-state index contributed by atoms with van der Waals surface area (Å²) in [5.74, 6) is -0.499. The van der Waals surface area contributed by atoms with Crippen molar-refractivity contribution in [1.82, 2.24) is 5.32 Å². The van der Waals surface area contributed by atoms with Crippen molar-refractivity contribution in [3.8, 4) is 5.75 Å². The molecular formula is C16H24FNO3. The summed E-state index contributed by atoms with van der Waals surface area (Å²) in [6.45, 7) is 5.94. The highest BCUT2D eigenvalue weighted by molar-refractivity contribution is 5.81. The second-order valence-electron chi connectivity index (χ2n) is 5.38. The van der Waals surface area contributed by atoms with Gasteiger partial charge in [-0.05, 0) is 37.8 Å². The molecule has 21 heavy (non-hydrogen) atoms. The molecule has 3 unspecified atom stereocenters. The number of halogens is 1. The number of ether oxygens (including phenoxy) is 1. The number of nitrogens with one attached hydrogen (secondary N) is 1. The molecule has 5 heteroatoms. The number of para-hydroxylation sites is 1. The first-order chi connectivity index (χ1) is 9.93. The van der Waals surface area contributed by atoms with Crippen LogP contribution < -0.4 is 10.1 Å². The van der Waals surface area contributed by atoms with Gasteiger partial charge >= 0.3 is 0 Å². The molecule has 0 aliphatic rings. The van der Waals surface area contributed by atoms with Crippen LogP contribution in [-0.2, 0) is 4.79 Å². The molecule has 4 nitrogen and oxygen atoms in total. The quantitative estimate of drug-likeness (QED) is 0.775. The van der Waals surface area contributed by atoms with Gasteiger partial charge in [-0.1, -0.05) is 26.0 Å². The van der Waals surface area contributed by atoms with Crippen molar-refractivity contribution in [1.29, 1.82) is 0 Å². The van der Waals surface area contributed by atoms with Crippen LogP contribution in [0.1, 0.15) is 33.6 Å². The molecule has 2 N–H and O–H groups in total. The molecule has 0 spiro atoms. The van der Waals surface area contributed by atoms with Crippen LogP contribution in [0.15, 0.2) is 24.3 Å². The molecule has 0 radical (unpaired) electrons. The van der Waals surface area contributed by atoms with Crippen molar-refractivity contribution in [3.05, 3.63) is 30.1 Å². The molecule has 118 valence electrons. The third-order valence-electron chi connectivity index (χ3n) is 3.14. The first-order valence-corrected chi connectivity index (χ1v) is 7.31. The van der Waals surface area contributed by atoms with Crippen molar-refractivity contribution in [2.24, 2.45) is 5.92 Å². The van der Waals surface area contributed by atoms with Crippen LogP contribution in [0.5, 0.6) is 5.75 Å². The molecule has 3 atom stereocenters. The third kappa shape index (κ3) is 6.12. The fourth-order valence-corrected chi connectivity index (χ4v) is 2.07. The number of benzene rings is 1. The molecule has 1 amide bonds. The van der Waals surface area contributed by atoms with Crippen LogP contribution in [0.2, 0.25) is 0 Å². The number of rotatable bonds is 8. The van der Waals surface area contributed by atoms with E-state index in [1.165, 1.54) is 12.1 Å². The van der Waals surface area contributed by atoms with Gasteiger partial charge in [-0.15, -0.1) is 0 Å². The Bertz CT molecular complexity index is 451. The van der Waals surface area contributed by atoms with E-state index in [0.29, 0.717) is 19.4 Å². The highest BCUT2D eigenvalue weighted by Crippen LogP contribution is 2.18. The Hall–Kier alpha value is -1.62. The zero-order valence-corrected chi connectivity index (χ0v) is 12.8. The molecule has 0 aliphatic carbocycles. The summed E-state index contributed by atoms with van der Waals surface area (Å²) in [5.41, 5.74) is 0. The average molecular weight is 297 g/mol. The molecule has 0 saturated heterocycles. The van der Waals surface area contributed by atoms with E-state index in [2.05, 4.69) is 5.32 Å². The zero-order chi connectivity index (χ0) is 15.8. The summed E-state index contributed by atoms with van der Waals surface area (Å²) in [7, 11) is 0. The zero-order valence-electron chi connectivity index (χ0n) is 12.8. The maximum absolute atomic E-state index is 13.5. The summed E-state index contributed by atoms with van der Waals surface area (Å²) >= 11 is 0. The number of hydrogen-bond donors (Lipinski definition) is 2. The second kappa shape index (κ2) is 8.62. The van der Waals surface area contributed by atoms with E-state index in [1.54, 1.807) is 19.1 Å². The Balaban J connectivity index is 2.52. The van der Waals surface area contributed by atoms with Gasteiger partial charge in [0, 0.05) is 6.54 Å². The van der Waals surface area contributed by atoms with Crippen molar-refractivity contribution in [2.75, 3.05) is 6.54 Å². The van der Waals surface area contributed by atoms with Crippen LogP contribution in [0.4, 0.5) is 4.39 Å². The minimum atomic E-state index is -0.722. The normalized spacial score (nSPS) is 15.1. The SMILES string of the molecule is CCC(Oc1ccccc1F)C(=O)NCC(C)CC(C)O. The number of amides is 1. The van der Waals surface area contributed by atoms with Crippen LogP contribution in [-0.4, -0.2) is 29.8 Å². The van der Waals surface area contributed by atoms with Crippen molar-refractivity contribution in [2.45, 2.75) is 45.8 Å². The molecule has 0 fully saturated rings. The Morgan fingerprint density at radius 3 is 2.62 bits per heavy atom. The maximum atomic E-state index is 13.5. The predicted molar refractivity (Wildman–Crippen MR) is 79.6 cm³/mol. The molecule has 0 bridgehead atoms. The largest absolute Gasteiger partial charge is 0.478 e. The number of aliphatic hydroxyl groups excluding tert-OH is 1. The Morgan fingerprint density at radius 1 is 1.38 bits per heavy atom. The van der Waals surface area contributed by atoms with Gasteiger partial charge in [-0.2, -0.15) is 0 Å². The summed E-state index contributed by atoms with van der Waals surface area (Å²) in [4.78, 5) is 12.1. The molecule has 1 aromatic carbocycles. The number of aliphatic hydroxyl groups is 1. The van der Waals surface area contributed by atoms with E-state index in [0.717, 1.165) is 0 Å². The van der Waals surface area contributed by atoms with Crippen molar-refractivity contribution < 1.29 is 19.0 Å². The molecule has 0 aromatic heterocycles. The van der Waals surface area contributed by atoms with Gasteiger partial charge < -0.3 is 15.2 Å². The van der Waals surface area contributed by atoms with Gasteiger partial charge in [0.2, 0.25) is 0 Å². The highest BCUT2D eigenvalue weighted by Gasteiger charge is 2.20. The Morgan fingerprint density at radius 2 is 2.05 bits per heavy atom. The van der Waals surface area contributed by atoms with E-state index < -0.39 is 18.0 Å². The number of carbonyl (C=O) groups is 1. The fourth-order valence-electron chi connectivity index (χ4n) is 2.07. The average Bonchev–Trinajstić information content (AvgIpc) is 2.43. The van der Waals surface area contributed by atoms with E-state index >= 15 is 0 Å². The monoisotopic (exact) mass is 297 g/mol. The maximum Gasteiger partial charge on any atom is 0.261 e. The summed E-state index contributed by atoms with van der Waals surface area (Å²) in [5, 5.41) is 12.1. The van der Waals surface area contributed by atoms with Crippen molar-refractivity contribution >= 4 is 5.91 Å². The van der Waals surface area contributed by atoms with Gasteiger partial charge in [-0.25, -0.2) is 4.39 Å². The summed E-state index contributed by atoms with van der Waals surface area (Å²) in [6.07, 6.45) is -0.0508. The van der Waals surface area contributed by atoms with Crippen LogP contribution in [0, 0.1) is 11.7 Å². The topological polar surface area (TPSA) is 58.6 Å². The highest BCUT2D eigenvalue weighted by atomic mass is 19.1. The standard InChI is InChI=1S/C16H24FNO3/c1-4-14(21-15-8-6-5-7-13(15)17)16(20)18-10-11(2)9-12(3)19/h5-8,11-12,14,19H,4,9-10H2,1-3H3,(H,18,20). The number of carbonyl (C=O) groups excluding carboxylic acids is 1. The molecule has 0 saturated carbocycles. The van der Waals surface area contributed by atoms with Gasteiger partial charge in [-0.3, -0.25) is 4.79 Å². The second-order valence-corrected chi connectivity index (χ2v) is 5.38. The molecule has 0 heterocycles. The van der Waals surface area contributed by atoms with E-state index in [-0.39, 0.29) is 17.6 Å². The first-order valence-electron chi connectivity index (χ1n) is 7.31. The third-order valence-corrected chi connectivity index (χ3v) is 3.14. The van der Waals surface area contributed by atoms with E-state index in [4.69, 9.17) is 4.74 Å². The van der Waals surface area contributed by atoms with Gasteiger partial charge in [0.15, 0.2) is 17.7 Å². The lowest BCUT2D eigenvalue weighted by Gasteiger charge is -2.19.